The van der Waals surface area contributed by atoms with E-state index in [-0.39, 0.29) is 0 Å². The molecule has 3 aromatic rings. The first-order chi connectivity index (χ1) is 17.2. The standard InChI is InChI=1S/C27H35N3O4S/c1-29(2)24-8-9-26-25(21-24)28-27(35-26)10-5-22-3-6-23(7-4-22)30-11-13-31-15-17-33-19-20-34-18-16-32-14-12-30/h3-10,21H,11-20H2,1-2H3/b10-5+. The van der Waals surface area contributed by atoms with Crippen molar-refractivity contribution < 1.29 is 18.9 Å². The van der Waals surface area contributed by atoms with Gasteiger partial charge in [0.15, 0.2) is 0 Å². The number of benzene rings is 2. The van der Waals surface area contributed by atoms with Crippen molar-refractivity contribution in [3.63, 3.8) is 0 Å². The first-order valence-corrected chi connectivity index (χ1v) is 12.9. The van der Waals surface area contributed by atoms with E-state index in [1.54, 1.807) is 11.3 Å². The lowest BCUT2D eigenvalue weighted by atomic mass is 10.2. The van der Waals surface area contributed by atoms with Crippen molar-refractivity contribution in [1.82, 2.24) is 4.98 Å². The Morgan fingerprint density at radius 1 is 0.771 bits per heavy atom. The van der Waals surface area contributed by atoms with Gasteiger partial charge in [-0.1, -0.05) is 18.2 Å². The molecule has 35 heavy (non-hydrogen) atoms. The normalized spacial score (nSPS) is 17.4. The van der Waals surface area contributed by atoms with Crippen molar-refractivity contribution in [2.75, 3.05) is 89.8 Å². The van der Waals surface area contributed by atoms with E-state index < -0.39 is 0 Å². The van der Waals surface area contributed by atoms with Crippen molar-refractivity contribution in [2.45, 2.75) is 0 Å². The van der Waals surface area contributed by atoms with Gasteiger partial charge in [0.05, 0.1) is 63.1 Å². The first-order valence-electron chi connectivity index (χ1n) is 12.1. The summed E-state index contributed by atoms with van der Waals surface area (Å²) in [5, 5.41) is 1.01. The lowest BCUT2D eigenvalue weighted by molar-refractivity contribution is 0.00206. The quantitative estimate of drug-likeness (QED) is 0.529. The molecule has 0 atom stereocenters. The Bertz CT molecular complexity index is 1050. The van der Waals surface area contributed by atoms with Crippen molar-refractivity contribution in [2.24, 2.45) is 0 Å². The Morgan fingerprint density at radius 2 is 1.37 bits per heavy atom. The fourth-order valence-corrected chi connectivity index (χ4v) is 4.58. The highest BCUT2D eigenvalue weighted by Crippen LogP contribution is 2.27. The summed E-state index contributed by atoms with van der Waals surface area (Å²) in [5.41, 5.74) is 4.50. The van der Waals surface area contributed by atoms with Crippen LogP contribution in [0.25, 0.3) is 22.4 Å². The average molecular weight is 498 g/mol. The van der Waals surface area contributed by atoms with E-state index in [9.17, 15) is 0 Å². The second kappa shape index (κ2) is 13.6. The van der Waals surface area contributed by atoms with Gasteiger partial charge < -0.3 is 28.7 Å². The fraction of sp³-hybridized carbons (Fsp3) is 0.444. The number of rotatable bonds is 4. The van der Waals surface area contributed by atoms with Crippen molar-refractivity contribution in [1.29, 1.82) is 0 Å². The molecule has 0 radical (unpaired) electrons. The SMILES string of the molecule is CN(C)c1ccc2sc(/C=C/c3ccc(N4CCOCCOCCOCCOCC4)cc3)nc2c1. The summed E-state index contributed by atoms with van der Waals surface area (Å²) in [6, 6.07) is 15.0. The molecule has 1 aliphatic rings. The maximum Gasteiger partial charge on any atom is 0.117 e. The van der Waals surface area contributed by atoms with Gasteiger partial charge in [-0.15, -0.1) is 11.3 Å². The van der Waals surface area contributed by atoms with Gasteiger partial charge in [0.1, 0.15) is 5.01 Å². The zero-order valence-electron chi connectivity index (χ0n) is 20.7. The Labute approximate surface area is 211 Å². The number of ether oxygens (including phenoxy) is 4. The molecule has 0 unspecified atom stereocenters. The molecule has 1 aromatic heterocycles. The number of fused-ring (bicyclic) bond motifs is 1. The van der Waals surface area contributed by atoms with Crippen molar-refractivity contribution in [3.05, 3.63) is 53.0 Å². The topological polar surface area (TPSA) is 56.3 Å². The van der Waals surface area contributed by atoms with Crippen LogP contribution in [-0.4, -0.2) is 85.0 Å². The van der Waals surface area contributed by atoms with Crippen LogP contribution in [0.15, 0.2) is 42.5 Å². The lowest BCUT2D eigenvalue weighted by Crippen LogP contribution is -2.31. The Kier molecular flexibility index (Phi) is 9.92. The van der Waals surface area contributed by atoms with Crippen molar-refractivity contribution >= 4 is 45.1 Å². The van der Waals surface area contributed by atoms with E-state index in [4.69, 9.17) is 23.9 Å². The molecule has 0 spiro atoms. The monoisotopic (exact) mass is 497 g/mol. The molecule has 7 nitrogen and oxygen atoms in total. The Hall–Kier alpha value is -2.49. The maximum atomic E-state index is 5.75. The minimum absolute atomic E-state index is 0.590. The molecule has 188 valence electrons. The molecular weight excluding hydrogens is 462 g/mol. The Morgan fingerprint density at radius 3 is 1.97 bits per heavy atom. The summed E-state index contributed by atoms with van der Waals surface area (Å²) in [6.45, 7) is 6.44. The molecule has 0 saturated carbocycles. The van der Waals surface area contributed by atoms with E-state index >= 15 is 0 Å². The molecule has 0 N–H and O–H groups in total. The van der Waals surface area contributed by atoms with E-state index in [0.29, 0.717) is 52.9 Å². The van der Waals surface area contributed by atoms with Crippen LogP contribution < -0.4 is 9.80 Å². The smallest absolute Gasteiger partial charge is 0.117 e. The number of aromatic nitrogens is 1. The van der Waals surface area contributed by atoms with Gasteiger partial charge >= 0.3 is 0 Å². The lowest BCUT2D eigenvalue weighted by Gasteiger charge is -2.25. The van der Waals surface area contributed by atoms with Crippen LogP contribution in [0.1, 0.15) is 10.6 Å². The van der Waals surface area contributed by atoms with Gasteiger partial charge in [-0.2, -0.15) is 0 Å². The van der Waals surface area contributed by atoms with Gasteiger partial charge in [-0.3, -0.25) is 0 Å². The summed E-state index contributed by atoms with van der Waals surface area (Å²) >= 11 is 1.71. The van der Waals surface area contributed by atoms with Gasteiger partial charge in [0.2, 0.25) is 0 Å². The summed E-state index contributed by atoms with van der Waals surface area (Å²) in [5.74, 6) is 0. The summed E-state index contributed by atoms with van der Waals surface area (Å²) in [4.78, 5) is 9.17. The third kappa shape index (κ3) is 8.02. The number of thiazole rings is 1. The first kappa shape index (κ1) is 25.6. The molecule has 1 saturated heterocycles. The minimum Gasteiger partial charge on any atom is -0.378 e. The van der Waals surface area contributed by atoms with E-state index in [0.717, 1.165) is 40.6 Å². The number of anilines is 2. The van der Waals surface area contributed by atoms with E-state index in [1.807, 2.05) is 14.1 Å². The number of nitrogens with zero attached hydrogens (tertiary/aromatic N) is 3. The zero-order chi connectivity index (χ0) is 24.3. The molecule has 2 aromatic carbocycles. The van der Waals surface area contributed by atoms with Crippen LogP contribution in [0.2, 0.25) is 0 Å². The van der Waals surface area contributed by atoms with Crippen LogP contribution in [0.4, 0.5) is 11.4 Å². The number of hydrogen-bond donors (Lipinski definition) is 0. The highest BCUT2D eigenvalue weighted by atomic mass is 32.1. The summed E-state index contributed by atoms with van der Waals surface area (Å²) in [6.07, 6.45) is 4.21. The molecule has 8 heteroatoms. The molecule has 2 heterocycles. The van der Waals surface area contributed by atoms with Crippen LogP contribution in [0.3, 0.4) is 0 Å². The van der Waals surface area contributed by atoms with Crippen LogP contribution >= 0.6 is 11.3 Å². The molecule has 0 bridgehead atoms. The van der Waals surface area contributed by atoms with Gasteiger partial charge in [0, 0.05) is 38.6 Å². The maximum absolute atomic E-state index is 5.75. The van der Waals surface area contributed by atoms with Gasteiger partial charge in [0.25, 0.3) is 0 Å². The molecule has 1 fully saturated rings. The van der Waals surface area contributed by atoms with Crippen molar-refractivity contribution in [3.8, 4) is 0 Å². The third-order valence-electron chi connectivity index (χ3n) is 5.71. The van der Waals surface area contributed by atoms with Gasteiger partial charge in [-0.05, 0) is 42.0 Å². The largest absolute Gasteiger partial charge is 0.378 e. The summed E-state index contributed by atoms with van der Waals surface area (Å²) in [7, 11) is 4.09. The highest BCUT2D eigenvalue weighted by molar-refractivity contribution is 7.19. The molecule has 4 rings (SSSR count). The predicted octanol–water partition coefficient (Wildman–Crippen LogP) is 4.42. The fourth-order valence-electron chi connectivity index (χ4n) is 3.73. The zero-order valence-corrected chi connectivity index (χ0v) is 21.5. The second-order valence-corrected chi connectivity index (χ2v) is 9.52. The minimum atomic E-state index is 0.590. The molecule has 1 aliphatic heterocycles. The number of hydrogen-bond acceptors (Lipinski definition) is 8. The second-order valence-electron chi connectivity index (χ2n) is 8.46. The molecular formula is C27H35N3O4S. The van der Waals surface area contributed by atoms with Crippen LogP contribution in [-0.2, 0) is 18.9 Å². The van der Waals surface area contributed by atoms with Gasteiger partial charge in [-0.25, -0.2) is 4.98 Å². The average Bonchev–Trinajstić information content (AvgIpc) is 3.28. The molecule has 0 aliphatic carbocycles. The Balaban J connectivity index is 1.37. The predicted molar refractivity (Wildman–Crippen MR) is 145 cm³/mol. The molecule has 0 amide bonds. The highest BCUT2D eigenvalue weighted by Gasteiger charge is 2.08. The van der Waals surface area contributed by atoms with E-state index in [1.165, 1.54) is 4.70 Å². The van der Waals surface area contributed by atoms with E-state index in [2.05, 4.69) is 64.4 Å². The third-order valence-corrected chi connectivity index (χ3v) is 6.71. The summed E-state index contributed by atoms with van der Waals surface area (Å²) < 4.78 is 23.7. The van der Waals surface area contributed by atoms with Crippen LogP contribution in [0.5, 0.6) is 0 Å². The van der Waals surface area contributed by atoms with Crippen LogP contribution in [0, 0.1) is 0 Å².